The molecule has 0 unspecified atom stereocenters. The average Bonchev–Trinajstić information content (AvgIpc) is 2.30. The molecule has 1 atom stereocenters. The summed E-state index contributed by atoms with van der Waals surface area (Å²) in [6, 6.07) is 5.25. The molecule has 0 aliphatic carbocycles. The van der Waals surface area contributed by atoms with Crippen molar-refractivity contribution >= 4 is 5.69 Å². The third-order valence-corrected chi connectivity index (χ3v) is 2.44. The molecule has 13 heavy (non-hydrogen) atoms. The van der Waals surface area contributed by atoms with Crippen LogP contribution in [0, 0.1) is 5.82 Å². The largest absolute Gasteiger partial charge is 0.383 e. The van der Waals surface area contributed by atoms with Gasteiger partial charge in [-0.3, -0.25) is 0 Å². The molecule has 0 bridgehead atoms. The second kappa shape index (κ2) is 3.34. The summed E-state index contributed by atoms with van der Waals surface area (Å²) in [7, 11) is 0. The Morgan fingerprint density at radius 3 is 3.15 bits per heavy atom. The first-order valence-electron chi connectivity index (χ1n) is 4.54. The summed E-state index contributed by atoms with van der Waals surface area (Å²) in [5.41, 5.74) is 7.45. The lowest BCUT2D eigenvalue weighted by Gasteiger charge is -2.08. The van der Waals surface area contributed by atoms with Gasteiger partial charge in [-0.25, -0.2) is 4.39 Å². The predicted octanol–water partition coefficient (Wildman–Crippen LogP) is 1.51. The molecule has 3 N–H and O–H groups in total. The van der Waals surface area contributed by atoms with Crippen LogP contribution in [0.4, 0.5) is 10.1 Å². The van der Waals surface area contributed by atoms with E-state index in [4.69, 9.17) is 5.73 Å². The minimum atomic E-state index is -0.126. The SMILES string of the molecule is N[C@H]1CCc2c(F)cccc2NC1. The van der Waals surface area contributed by atoms with E-state index in [9.17, 15) is 4.39 Å². The van der Waals surface area contributed by atoms with Gasteiger partial charge in [0.15, 0.2) is 0 Å². The summed E-state index contributed by atoms with van der Waals surface area (Å²) in [5.74, 6) is -0.126. The van der Waals surface area contributed by atoms with Crippen LogP contribution in [0.3, 0.4) is 0 Å². The van der Waals surface area contributed by atoms with Gasteiger partial charge in [0, 0.05) is 23.8 Å². The van der Waals surface area contributed by atoms with E-state index in [2.05, 4.69) is 5.32 Å². The van der Waals surface area contributed by atoms with Gasteiger partial charge >= 0.3 is 0 Å². The lowest BCUT2D eigenvalue weighted by atomic mass is 10.1. The molecule has 0 saturated heterocycles. The number of anilines is 1. The Bertz CT molecular complexity index is 312. The lowest BCUT2D eigenvalue weighted by molar-refractivity contribution is 0.595. The first-order chi connectivity index (χ1) is 6.27. The van der Waals surface area contributed by atoms with Crippen molar-refractivity contribution < 1.29 is 4.39 Å². The van der Waals surface area contributed by atoms with Crippen molar-refractivity contribution in [1.82, 2.24) is 0 Å². The molecule has 3 heteroatoms. The van der Waals surface area contributed by atoms with Crippen LogP contribution in [-0.2, 0) is 6.42 Å². The van der Waals surface area contributed by atoms with Crippen LogP contribution in [0.2, 0.25) is 0 Å². The quantitative estimate of drug-likeness (QED) is 0.635. The standard InChI is InChI=1S/C10H13FN2/c11-9-2-1-3-10-8(9)5-4-7(12)6-13-10/h1-3,7,13H,4-6,12H2/t7-/m0/s1. The maximum atomic E-state index is 13.3. The predicted molar refractivity (Wildman–Crippen MR) is 51.2 cm³/mol. The summed E-state index contributed by atoms with van der Waals surface area (Å²) < 4.78 is 13.3. The number of rotatable bonds is 0. The third-order valence-electron chi connectivity index (χ3n) is 2.44. The molecule has 0 amide bonds. The van der Waals surface area contributed by atoms with Crippen LogP contribution in [0.25, 0.3) is 0 Å². The van der Waals surface area contributed by atoms with Gasteiger partial charge in [-0.05, 0) is 25.0 Å². The van der Waals surface area contributed by atoms with Crippen molar-refractivity contribution in [3.05, 3.63) is 29.6 Å². The highest BCUT2D eigenvalue weighted by Gasteiger charge is 2.14. The monoisotopic (exact) mass is 180 g/mol. The Balaban J connectivity index is 2.35. The molecule has 2 nitrogen and oxygen atoms in total. The maximum Gasteiger partial charge on any atom is 0.128 e. The summed E-state index contributed by atoms with van der Waals surface area (Å²) in [6.45, 7) is 0.733. The van der Waals surface area contributed by atoms with E-state index in [0.29, 0.717) is 0 Å². The third kappa shape index (κ3) is 1.65. The molecule has 1 heterocycles. The number of nitrogens with one attached hydrogen (secondary N) is 1. The highest BCUT2D eigenvalue weighted by molar-refractivity contribution is 5.52. The molecule has 0 spiro atoms. The van der Waals surface area contributed by atoms with Gasteiger partial charge in [0.05, 0.1) is 0 Å². The summed E-state index contributed by atoms with van der Waals surface area (Å²) in [4.78, 5) is 0. The molecule has 0 saturated carbocycles. The van der Waals surface area contributed by atoms with Crippen molar-refractivity contribution in [2.75, 3.05) is 11.9 Å². The van der Waals surface area contributed by atoms with Crippen LogP contribution in [0.15, 0.2) is 18.2 Å². The molecule has 1 aromatic carbocycles. The van der Waals surface area contributed by atoms with Gasteiger partial charge in [0.1, 0.15) is 5.82 Å². The Hall–Kier alpha value is -1.09. The van der Waals surface area contributed by atoms with Crippen molar-refractivity contribution in [1.29, 1.82) is 0 Å². The topological polar surface area (TPSA) is 38.0 Å². The zero-order valence-corrected chi connectivity index (χ0v) is 7.39. The number of benzene rings is 1. The Kier molecular flexibility index (Phi) is 2.19. The first kappa shape index (κ1) is 8.51. The molecular weight excluding hydrogens is 167 g/mol. The number of hydrogen-bond donors (Lipinski definition) is 2. The number of nitrogens with two attached hydrogens (primary N) is 1. The fourth-order valence-corrected chi connectivity index (χ4v) is 1.65. The number of halogens is 1. The van der Waals surface area contributed by atoms with E-state index in [-0.39, 0.29) is 11.9 Å². The van der Waals surface area contributed by atoms with E-state index in [0.717, 1.165) is 30.6 Å². The molecule has 1 aliphatic heterocycles. The average molecular weight is 180 g/mol. The van der Waals surface area contributed by atoms with Gasteiger partial charge < -0.3 is 11.1 Å². The highest BCUT2D eigenvalue weighted by atomic mass is 19.1. The number of hydrogen-bond acceptors (Lipinski definition) is 2. The van der Waals surface area contributed by atoms with Gasteiger partial charge in [-0.1, -0.05) is 6.07 Å². The van der Waals surface area contributed by atoms with Crippen molar-refractivity contribution in [2.24, 2.45) is 5.73 Å². The van der Waals surface area contributed by atoms with Gasteiger partial charge in [-0.2, -0.15) is 0 Å². The van der Waals surface area contributed by atoms with Crippen molar-refractivity contribution in [3.63, 3.8) is 0 Å². The minimum Gasteiger partial charge on any atom is -0.383 e. The molecular formula is C10H13FN2. The maximum absolute atomic E-state index is 13.3. The van der Waals surface area contributed by atoms with Crippen LogP contribution in [0.5, 0.6) is 0 Å². The highest BCUT2D eigenvalue weighted by Crippen LogP contribution is 2.23. The molecule has 0 aromatic heterocycles. The van der Waals surface area contributed by atoms with Crippen molar-refractivity contribution in [3.8, 4) is 0 Å². The van der Waals surface area contributed by atoms with Gasteiger partial charge in [0.25, 0.3) is 0 Å². The second-order valence-corrected chi connectivity index (χ2v) is 3.45. The zero-order valence-electron chi connectivity index (χ0n) is 7.39. The molecule has 0 radical (unpaired) electrons. The molecule has 0 fully saturated rings. The normalized spacial score (nSPS) is 21.5. The molecule has 1 aromatic rings. The Labute approximate surface area is 76.9 Å². The zero-order chi connectivity index (χ0) is 9.26. The summed E-state index contributed by atoms with van der Waals surface area (Å²) in [5, 5.41) is 3.15. The van der Waals surface area contributed by atoms with Crippen molar-refractivity contribution in [2.45, 2.75) is 18.9 Å². The van der Waals surface area contributed by atoms with Crippen LogP contribution in [0.1, 0.15) is 12.0 Å². The Morgan fingerprint density at radius 1 is 1.46 bits per heavy atom. The lowest BCUT2D eigenvalue weighted by Crippen LogP contribution is -2.27. The van der Waals surface area contributed by atoms with E-state index < -0.39 is 0 Å². The summed E-state index contributed by atoms with van der Waals surface area (Å²) in [6.07, 6.45) is 1.58. The fraction of sp³-hybridized carbons (Fsp3) is 0.400. The van der Waals surface area contributed by atoms with E-state index >= 15 is 0 Å². The molecule has 70 valence electrons. The van der Waals surface area contributed by atoms with Gasteiger partial charge in [-0.15, -0.1) is 0 Å². The second-order valence-electron chi connectivity index (χ2n) is 3.45. The number of fused-ring (bicyclic) bond motifs is 1. The van der Waals surface area contributed by atoms with Crippen LogP contribution < -0.4 is 11.1 Å². The summed E-state index contributed by atoms with van der Waals surface area (Å²) >= 11 is 0. The van der Waals surface area contributed by atoms with Crippen LogP contribution in [-0.4, -0.2) is 12.6 Å². The minimum absolute atomic E-state index is 0.126. The smallest absolute Gasteiger partial charge is 0.128 e. The molecule has 1 aliphatic rings. The van der Waals surface area contributed by atoms with E-state index in [1.54, 1.807) is 6.07 Å². The molecule has 2 rings (SSSR count). The Morgan fingerprint density at radius 2 is 2.31 bits per heavy atom. The van der Waals surface area contributed by atoms with E-state index in [1.165, 1.54) is 6.07 Å². The van der Waals surface area contributed by atoms with Gasteiger partial charge in [0.2, 0.25) is 0 Å². The first-order valence-corrected chi connectivity index (χ1v) is 4.54. The van der Waals surface area contributed by atoms with Crippen LogP contribution >= 0.6 is 0 Å². The van der Waals surface area contributed by atoms with E-state index in [1.807, 2.05) is 6.07 Å². The fourth-order valence-electron chi connectivity index (χ4n) is 1.65.